The number of morpholine rings is 1. The highest BCUT2D eigenvalue weighted by atomic mass is 16.5. The van der Waals surface area contributed by atoms with Gasteiger partial charge in [0.25, 0.3) is 0 Å². The van der Waals surface area contributed by atoms with E-state index in [2.05, 4.69) is 14.9 Å². The van der Waals surface area contributed by atoms with Gasteiger partial charge in [0.05, 0.1) is 32.1 Å². The minimum absolute atomic E-state index is 0.00289. The van der Waals surface area contributed by atoms with E-state index in [0.29, 0.717) is 19.7 Å². The second kappa shape index (κ2) is 8.45. The molecule has 4 rings (SSSR count). The van der Waals surface area contributed by atoms with Gasteiger partial charge in [-0.2, -0.15) is 0 Å². The Morgan fingerprint density at radius 1 is 1.11 bits per heavy atom. The summed E-state index contributed by atoms with van der Waals surface area (Å²) in [5.74, 6) is 0.999. The van der Waals surface area contributed by atoms with E-state index in [0.717, 1.165) is 55.4 Å². The Labute approximate surface area is 158 Å². The molecule has 142 valence electrons. The van der Waals surface area contributed by atoms with Gasteiger partial charge >= 0.3 is 0 Å². The molecule has 7 heteroatoms. The fraction of sp³-hybridized carbons (Fsp3) is 0.450. The molecule has 1 fully saturated rings. The lowest BCUT2D eigenvalue weighted by atomic mass is 10.0. The Hall–Kier alpha value is -2.51. The van der Waals surface area contributed by atoms with Crippen molar-refractivity contribution in [2.24, 2.45) is 0 Å². The standard InChI is InChI=1S/C20H24N4O3/c25-19(14-27-13-16-4-2-1-3-5-16)24-7-6-17-18(12-24)21-15-22-20(17)23-8-10-26-11-9-23/h1-5,15H,6-14H2. The molecule has 2 aliphatic heterocycles. The van der Waals surface area contributed by atoms with Crippen molar-refractivity contribution in [1.82, 2.24) is 14.9 Å². The lowest BCUT2D eigenvalue weighted by molar-refractivity contribution is -0.137. The lowest BCUT2D eigenvalue weighted by Crippen LogP contribution is -2.41. The highest BCUT2D eigenvalue weighted by Gasteiger charge is 2.26. The summed E-state index contributed by atoms with van der Waals surface area (Å²) < 4.78 is 11.0. The number of amides is 1. The topological polar surface area (TPSA) is 67.8 Å². The maximum atomic E-state index is 12.5. The first-order chi connectivity index (χ1) is 13.3. The quantitative estimate of drug-likeness (QED) is 0.795. The van der Waals surface area contributed by atoms with Crippen LogP contribution in [0.2, 0.25) is 0 Å². The normalized spacial score (nSPS) is 16.9. The first kappa shape index (κ1) is 17.9. The molecular weight excluding hydrogens is 344 g/mol. The van der Waals surface area contributed by atoms with Gasteiger partial charge in [-0.15, -0.1) is 0 Å². The molecule has 3 heterocycles. The van der Waals surface area contributed by atoms with E-state index < -0.39 is 0 Å². The van der Waals surface area contributed by atoms with E-state index in [1.807, 2.05) is 35.2 Å². The Balaban J connectivity index is 1.36. The number of aromatic nitrogens is 2. The highest BCUT2D eigenvalue weighted by molar-refractivity contribution is 5.77. The summed E-state index contributed by atoms with van der Waals surface area (Å²) in [6.45, 7) is 4.86. The molecule has 0 spiro atoms. The van der Waals surface area contributed by atoms with Gasteiger partial charge in [-0.1, -0.05) is 30.3 Å². The van der Waals surface area contributed by atoms with Crippen LogP contribution in [0.1, 0.15) is 16.8 Å². The molecule has 1 aromatic carbocycles. The first-order valence-electron chi connectivity index (χ1n) is 9.36. The van der Waals surface area contributed by atoms with Gasteiger partial charge in [0.1, 0.15) is 18.8 Å². The highest BCUT2D eigenvalue weighted by Crippen LogP contribution is 2.26. The number of hydrogen-bond donors (Lipinski definition) is 0. The molecule has 0 radical (unpaired) electrons. The third-order valence-corrected chi connectivity index (χ3v) is 4.98. The van der Waals surface area contributed by atoms with Crippen molar-refractivity contribution < 1.29 is 14.3 Å². The van der Waals surface area contributed by atoms with Crippen LogP contribution in [0.15, 0.2) is 36.7 Å². The van der Waals surface area contributed by atoms with E-state index in [4.69, 9.17) is 9.47 Å². The average Bonchev–Trinajstić information content (AvgIpc) is 2.74. The Morgan fingerprint density at radius 2 is 1.93 bits per heavy atom. The summed E-state index contributed by atoms with van der Waals surface area (Å²) in [7, 11) is 0. The molecule has 2 aliphatic rings. The van der Waals surface area contributed by atoms with Crippen molar-refractivity contribution >= 4 is 11.7 Å². The Bertz CT molecular complexity index is 778. The van der Waals surface area contributed by atoms with E-state index >= 15 is 0 Å². The number of carbonyl (C=O) groups is 1. The van der Waals surface area contributed by atoms with Crippen molar-refractivity contribution in [2.45, 2.75) is 19.6 Å². The van der Waals surface area contributed by atoms with Crippen LogP contribution in [0.4, 0.5) is 5.82 Å². The van der Waals surface area contributed by atoms with Gasteiger partial charge in [-0.05, 0) is 12.0 Å². The van der Waals surface area contributed by atoms with E-state index in [9.17, 15) is 4.79 Å². The largest absolute Gasteiger partial charge is 0.378 e. The number of fused-ring (bicyclic) bond motifs is 1. The van der Waals surface area contributed by atoms with Crippen molar-refractivity contribution in [3.8, 4) is 0 Å². The smallest absolute Gasteiger partial charge is 0.248 e. The molecular formula is C20H24N4O3. The number of ether oxygens (including phenoxy) is 2. The molecule has 0 bridgehead atoms. The van der Waals surface area contributed by atoms with Crippen LogP contribution < -0.4 is 4.90 Å². The molecule has 1 amide bonds. The molecule has 0 unspecified atom stereocenters. The Kier molecular flexibility index (Phi) is 5.60. The predicted octanol–water partition coefficient (Wildman–Crippen LogP) is 1.41. The second-order valence-corrected chi connectivity index (χ2v) is 6.77. The first-order valence-corrected chi connectivity index (χ1v) is 9.36. The van der Waals surface area contributed by atoms with E-state index in [-0.39, 0.29) is 12.5 Å². The van der Waals surface area contributed by atoms with Crippen LogP contribution in [0.3, 0.4) is 0 Å². The fourth-order valence-electron chi connectivity index (χ4n) is 3.52. The minimum atomic E-state index is 0.00289. The molecule has 7 nitrogen and oxygen atoms in total. The summed E-state index contributed by atoms with van der Waals surface area (Å²) >= 11 is 0. The summed E-state index contributed by atoms with van der Waals surface area (Å²) in [5, 5.41) is 0. The van der Waals surface area contributed by atoms with Crippen LogP contribution in [0.25, 0.3) is 0 Å². The predicted molar refractivity (Wildman–Crippen MR) is 100 cm³/mol. The molecule has 0 atom stereocenters. The number of rotatable bonds is 5. The molecule has 0 aliphatic carbocycles. The number of carbonyl (C=O) groups excluding carboxylic acids is 1. The van der Waals surface area contributed by atoms with Gasteiger partial charge in [-0.25, -0.2) is 9.97 Å². The fourth-order valence-corrected chi connectivity index (χ4v) is 3.52. The number of anilines is 1. The molecule has 1 saturated heterocycles. The van der Waals surface area contributed by atoms with Crippen LogP contribution in [0, 0.1) is 0 Å². The van der Waals surface area contributed by atoms with Crippen LogP contribution in [-0.2, 0) is 33.8 Å². The number of benzene rings is 1. The van der Waals surface area contributed by atoms with Crippen molar-refractivity contribution in [1.29, 1.82) is 0 Å². The summed E-state index contributed by atoms with van der Waals surface area (Å²) in [6.07, 6.45) is 2.37. The van der Waals surface area contributed by atoms with Crippen molar-refractivity contribution in [2.75, 3.05) is 44.4 Å². The summed E-state index contributed by atoms with van der Waals surface area (Å²) in [4.78, 5) is 25.5. The minimum Gasteiger partial charge on any atom is -0.378 e. The van der Waals surface area contributed by atoms with Gasteiger partial charge in [0.2, 0.25) is 5.91 Å². The molecule has 27 heavy (non-hydrogen) atoms. The maximum absolute atomic E-state index is 12.5. The second-order valence-electron chi connectivity index (χ2n) is 6.77. The molecule has 0 N–H and O–H groups in total. The van der Waals surface area contributed by atoms with E-state index in [1.54, 1.807) is 6.33 Å². The SMILES string of the molecule is O=C(COCc1ccccc1)N1CCc2c(ncnc2N2CCOCC2)C1. The lowest BCUT2D eigenvalue weighted by Gasteiger charge is -2.33. The average molecular weight is 368 g/mol. The molecule has 0 saturated carbocycles. The maximum Gasteiger partial charge on any atom is 0.248 e. The van der Waals surface area contributed by atoms with Crippen molar-refractivity contribution in [3.05, 3.63) is 53.5 Å². The van der Waals surface area contributed by atoms with Gasteiger partial charge < -0.3 is 19.3 Å². The molecule has 2 aromatic rings. The molecule has 1 aromatic heterocycles. The summed E-state index contributed by atoms with van der Waals surface area (Å²) in [5.41, 5.74) is 3.17. The van der Waals surface area contributed by atoms with Gasteiger partial charge in [0.15, 0.2) is 0 Å². The third kappa shape index (κ3) is 4.26. The number of hydrogen-bond acceptors (Lipinski definition) is 6. The zero-order valence-electron chi connectivity index (χ0n) is 15.3. The summed E-state index contributed by atoms with van der Waals surface area (Å²) in [6, 6.07) is 9.88. The van der Waals surface area contributed by atoms with Gasteiger partial charge in [-0.3, -0.25) is 4.79 Å². The Morgan fingerprint density at radius 3 is 2.74 bits per heavy atom. The van der Waals surface area contributed by atoms with Gasteiger partial charge in [0, 0.05) is 25.2 Å². The monoisotopic (exact) mass is 368 g/mol. The third-order valence-electron chi connectivity index (χ3n) is 4.98. The van der Waals surface area contributed by atoms with Crippen LogP contribution >= 0.6 is 0 Å². The van der Waals surface area contributed by atoms with Crippen molar-refractivity contribution in [3.63, 3.8) is 0 Å². The zero-order chi connectivity index (χ0) is 18.5. The zero-order valence-corrected chi connectivity index (χ0v) is 15.3. The van der Waals surface area contributed by atoms with E-state index in [1.165, 1.54) is 0 Å². The van der Waals surface area contributed by atoms with Crippen LogP contribution in [0.5, 0.6) is 0 Å². The number of nitrogens with zero attached hydrogens (tertiary/aromatic N) is 4. The van der Waals surface area contributed by atoms with Crippen LogP contribution in [-0.4, -0.2) is 60.2 Å².